The number of hydrogen-bond donors (Lipinski definition) is 2. The molecule has 6 rings (SSSR count). The van der Waals surface area contributed by atoms with Crippen molar-refractivity contribution in [3.8, 4) is 33.6 Å². The fourth-order valence-electron chi connectivity index (χ4n) is 5.53. The normalized spacial score (nSPS) is 13.0. The number of unbranched alkanes of at least 4 members (excludes halogenated alkanes) is 1. The van der Waals surface area contributed by atoms with E-state index in [2.05, 4.69) is 83.5 Å². The van der Waals surface area contributed by atoms with Crippen LogP contribution in [0.4, 0.5) is 8.78 Å². The quantitative estimate of drug-likeness (QED) is 0.0716. The number of rotatable bonds is 10. The Bertz CT molecular complexity index is 1550. The van der Waals surface area contributed by atoms with Crippen molar-refractivity contribution in [3.63, 3.8) is 0 Å². The molecule has 1 aliphatic rings. The summed E-state index contributed by atoms with van der Waals surface area (Å²) in [7, 11) is 1.33. The van der Waals surface area contributed by atoms with Crippen LogP contribution in [0.2, 0.25) is 0 Å². The number of nitrogens with two attached hydrogens (primary N) is 1. The van der Waals surface area contributed by atoms with Crippen LogP contribution in [0.25, 0.3) is 33.6 Å². The summed E-state index contributed by atoms with van der Waals surface area (Å²) >= 11 is 1.75. The molecule has 8 heteroatoms. The molecule has 43 heavy (non-hydrogen) atoms. The minimum atomic E-state index is -2.76. The van der Waals surface area contributed by atoms with Crippen LogP contribution >= 0.6 is 21.0 Å². The molecule has 1 unspecified atom stereocenters. The third-order valence-electron chi connectivity index (χ3n) is 7.57. The Kier molecular flexibility index (Phi) is 9.86. The summed E-state index contributed by atoms with van der Waals surface area (Å²) in [4.78, 5) is 21.2. The highest BCUT2D eigenvalue weighted by Crippen LogP contribution is 2.50. The molecule has 3 N–H and O–H groups in total. The zero-order chi connectivity index (χ0) is 30.3. The zero-order valence-corrected chi connectivity index (χ0v) is 25.7. The van der Waals surface area contributed by atoms with Gasteiger partial charge in [0, 0.05) is 16.9 Å². The highest BCUT2D eigenvalue weighted by Gasteiger charge is 2.42. The number of halogens is 2. The lowest BCUT2D eigenvalue weighted by atomic mass is 9.75. The fourth-order valence-corrected chi connectivity index (χ4v) is 6.40. The molecule has 0 saturated carbocycles. The van der Waals surface area contributed by atoms with Gasteiger partial charge in [-0.25, -0.2) is 13.8 Å². The van der Waals surface area contributed by atoms with Crippen LogP contribution in [0.3, 0.4) is 0 Å². The fraction of sp³-hybridized carbons (Fsp3) is 0.200. The van der Waals surface area contributed by atoms with Gasteiger partial charge in [-0.3, -0.25) is 0 Å². The summed E-state index contributed by atoms with van der Waals surface area (Å²) in [5, 5.41) is 0.930. The third kappa shape index (κ3) is 6.96. The van der Waals surface area contributed by atoms with Gasteiger partial charge in [0.05, 0.1) is 23.3 Å². The maximum absolute atomic E-state index is 12.6. The lowest BCUT2D eigenvalue weighted by molar-refractivity contribution is -0.111. The summed E-state index contributed by atoms with van der Waals surface area (Å²) in [6.07, 6.45) is 3.96. The number of thioether (sulfide) groups is 1. The Labute approximate surface area is 257 Å². The summed E-state index contributed by atoms with van der Waals surface area (Å²) in [6, 6.07) is 37.4. The molecule has 1 heterocycles. The number of imidazole rings is 1. The smallest absolute Gasteiger partial charge is 0.270 e. The molecule has 0 aliphatic heterocycles. The van der Waals surface area contributed by atoms with Gasteiger partial charge in [-0.05, 0) is 35.1 Å². The van der Waals surface area contributed by atoms with Gasteiger partial charge in [0.25, 0.3) is 5.66 Å². The van der Waals surface area contributed by atoms with E-state index in [9.17, 15) is 13.6 Å². The van der Waals surface area contributed by atoms with E-state index >= 15 is 0 Å². The topological polar surface area (TPSA) is 71.8 Å². The van der Waals surface area contributed by atoms with Gasteiger partial charge in [0.15, 0.2) is 5.16 Å². The van der Waals surface area contributed by atoms with Crippen molar-refractivity contribution in [1.82, 2.24) is 9.97 Å². The number of fused-ring (bicyclic) bond motifs is 3. The van der Waals surface area contributed by atoms with E-state index < -0.39 is 17.6 Å². The molecule has 5 aromatic rings. The number of aromatic amines is 1. The van der Waals surface area contributed by atoms with E-state index in [1.807, 2.05) is 36.4 Å². The molecule has 0 spiro atoms. The lowest BCUT2D eigenvalue weighted by Crippen LogP contribution is -2.27. The van der Waals surface area contributed by atoms with Crippen molar-refractivity contribution in [3.05, 3.63) is 120 Å². The third-order valence-corrected chi connectivity index (χ3v) is 8.77. The molecular weight excluding hydrogens is 579 g/mol. The van der Waals surface area contributed by atoms with Crippen LogP contribution in [-0.2, 0) is 10.2 Å². The van der Waals surface area contributed by atoms with Gasteiger partial charge in [-0.1, -0.05) is 137 Å². The number of alkyl halides is 2. The van der Waals surface area contributed by atoms with E-state index in [4.69, 9.17) is 4.98 Å². The first-order valence-corrected chi connectivity index (χ1v) is 15.8. The summed E-state index contributed by atoms with van der Waals surface area (Å²) in [5.41, 5.74) is 10.2. The van der Waals surface area contributed by atoms with E-state index in [0.29, 0.717) is 0 Å². The molecular formula is C35H34F2N3OPS. The van der Waals surface area contributed by atoms with Gasteiger partial charge >= 0.3 is 0 Å². The van der Waals surface area contributed by atoms with Crippen molar-refractivity contribution in [1.29, 1.82) is 0 Å². The Morgan fingerprint density at radius 2 is 1.33 bits per heavy atom. The van der Waals surface area contributed by atoms with E-state index in [1.54, 1.807) is 11.8 Å². The predicted octanol–water partition coefficient (Wildman–Crippen LogP) is 8.58. The molecule has 4 aromatic carbocycles. The Morgan fingerprint density at radius 1 is 0.814 bits per heavy atom. The van der Waals surface area contributed by atoms with Gasteiger partial charge < -0.3 is 15.5 Å². The lowest BCUT2D eigenvalue weighted by Gasteiger charge is -2.25. The minimum Gasteiger partial charge on any atom is -0.332 e. The van der Waals surface area contributed by atoms with Crippen molar-refractivity contribution < 1.29 is 13.6 Å². The minimum absolute atomic E-state index is 0.552. The largest absolute Gasteiger partial charge is 0.332 e. The molecule has 220 valence electrons. The number of nitrogens with one attached hydrogen (secondary N) is 1. The molecule has 0 bridgehead atoms. The van der Waals surface area contributed by atoms with Gasteiger partial charge in [0.1, 0.15) is 6.29 Å². The first kappa shape index (κ1) is 30.8. The summed E-state index contributed by atoms with van der Waals surface area (Å²) in [6.45, 7) is -0.600. The van der Waals surface area contributed by atoms with E-state index in [1.165, 1.54) is 26.7 Å². The second-order valence-corrected chi connectivity index (χ2v) is 12.4. The van der Waals surface area contributed by atoms with E-state index in [0.717, 1.165) is 63.8 Å². The zero-order valence-electron chi connectivity index (χ0n) is 23.7. The van der Waals surface area contributed by atoms with Crippen LogP contribution in [0.5, 0.6) is 0 Å². The monoisotopic (exact) mass is 613 g/mol. The van der Waals surface area contributed by atoms with Crippen LogP contribution in [0.15, 0.2) is 114 Å². The second kappa shape index (κ2) is 13.8. The van der Waals surface area contributed by atoms with Crippen molar-refractivity contribution in [2.24, 2.45) is 5.73 Å². The summed E-state index contributed by atoms with van der Waals surface area (Å²) < 4.78 is 22.6. The molecule has 0 amide bonds. The number of aromatic nitrogens is 2. The number of H-pyrrole nitrogens is 1. The highest BCUT2D eigenvalue weighted by atomic mass is 32.2. The molecule has 1 aromatic heterocycles. The number of nitrogens with zero attached hydrogens (tertiary/aromatic N) is 1. The van der Waals surface area contributed by atoms with Crippen LogP contribution in [0, 0.1) is 0 Å². The molecule has 1 atom stereocenters. The predicted molar refractivity (Wildman–Crippen MR) is 176 cm³/mol. The van der Waals surface area contributed by atoms with Crippen molar-refractivity contribution >= 4 is 27.3 Å². The SMILES string of the molecule is NCC(F)(F)P.O=CC1(CCCCSc2nc(-c3ccccc3)c(-c3ccccc3)[nH]2)c2ccccc2-c2ccccc21. The Balaban J connectivity index is 0.000000559. The first-order chi connectivity index (χ1) is 20.9. The number of aldehydes is 1. The van der Waals surface area contributed by atoms with Gasteiger partial charge in [-0.2, -0.15) is 0 Å². The van der Waals surface area contributed by atoms with Crippen LogP contribution in [0.1, 0.15) is 30.4 Å². The van der Waals surface area contributed by atoms with Gasteiger partial charge in [-0.15, -0.1) is 0 Å². The van der Waals surface area contributed by atoms with Crippen molar-refractivity contribution in [2.75, 3.05) is 12.3 Å². The molecule has 4 nitrogen and oxygen atoms in total. The molecule has 0 radical (unpaired) electrons. The first-order valence-electron chi connectivity index (χ1n) is 14.2. The van der Waals surface area contributed by atoms with Crippen LogP contribution < -0.4 is 5.73 Å². The Hall–Kier alpha value is -3.64. The van der Waals surface area contributed by atoms with Crippen molar-refractivity contribution in [2.45, 2.75) is 35.5 Å². The Morgan fingerprint density at radius 3 is 1.86 bits per heavy atom. The summed E-state index contributed by atoms with van der Waals surface area (Å²) in [5.74, 6) is 0.939. The number of carbonyl (C=O) groups excluding carboxylic acids is 1. The number of carbonyl (C=O) groups is 1. The van der Waals surface area contributed by atoms with Gasteiger partial charge in [0.2, 0.25) is 0 Å². The molecule has 0 saturated heterocycles. The number of benzene rings is 4. The molecule has 0 fully saturated rings. The highest BCUT2D eigenvalue weighted by molar-refractivity contribution is 7.99. The number of hydrogen-bond acceptors (Lipinski definition) is 4. The standard InChI is InChI=1S/C33H28N2OS.C2H6F2NP/c36-23-33(28-19-9-7-17-26(28)27-18-8-10-20-29(27)33)21-11-12-22-37-32-34-30(24-13-3-1-4-14-24)31(35-32)25-15-5-2-6-16-25;3-2(4,6)1-5/h1-10,13-20,23H,11-12,21-22H2,(H,34,35);1,5-6H2. The average molecular weight is 614 g/mol. The second-order valence-electron chi connectivity index (χ2n) is 10.4. The maximum Gasteiger partial charge on any atom is 0.270 e. The average Bonchev–Trinajstić information content (AvgIpc) is 3.60. The van der Waals surface area contributed by atoms with E-state index in [-0.39, 0.29) is 0 Å². The molecule has 1 aliphatic carbocycles. The van der Waals surface area contributed by atoms with Crippen LogP contribution in [-0.4, -0.2) is 34.2 Å². The maximum atomic E-state index is 12.6.